The molecule has 0 atom stereocenters. The number of halogens is 3. The van der Waals surface area contributed by atoms with Gasteiger partial charge in [-0.15, -0.1) is 6.58 Å². The van der Waals surface area contributed by atoms with Crippen LogP contribution in [0.25, 0.3) is 0 Å². The summed E-state index contributed by atoms with van der Waals surface area (Å²) in [6.45, 7) is 0.922. The number of carbonyl (C=O) groups excluding carboxylic acids is 1. The van der Waals surface area contributed by atoms with E-state index in [0.717, 1.165) is 12.1 Å². The number of ether oxygens (including phenoxy) is 1. The van der Waals surface area contributed by atoms with Crippen LogP contribution in [0, 0.1) is 10.1 Å². The average Bonchev–Trinajstić information content (AvgIpc) is 2.43. The van der Waals surface area contributed by atoms with Crippen LogP contribution in [0.5, 0.6) is 5.75 Å². The first-order valence-electron chi connectivity index (χ1n) is 6.05. The normalized spacial score (nSPS) is 10.9. The molecule has 0 heterocycles. The smallest absolute Gasteiger partial charge is 0.406 e. The van der Waals surface area contributed by atoms with Crippen LogP contribution in [0.15, 0.2) is 36.9 Å². The number of non-ortho nitro benzene ring substituents is 1. The number of amides is 1. The fraction of sp³-hybridized carbons (Fsp3) is 0.308. The van der Waals surface area contributed by atoms with Gasteiger partial charge >= 0.3 is 6.18 Å². The number of nitro benzene ring substituents is 1. The van der Waals surface area contributed by atoms with E-state index in [2.05, 4.69) is 6.58 Å². The molecule has 1 aromatic rings. The lowest BCUT2D eigenvalue weighted by atomic mass is 10.3. The van der Waals surface area contributed by atoms with Crippen molar-refractivity contribution in [3.05, 3.63) is 47.0 Å². The van der Waals surface area contributed by atoms with Crippen LogP contribution >= 0.6 is 0 Å². The van der Waals surface area contributed by atoms with E-state index in [1.54, 1.807) is 0 Å². The number of benzene rings is 1. The third-order valence-corrected chi connectivity index (χ3v) is 2.46. The predicted octanol–water partition coefficient (Wildman–Crippen LogP) is 2.55. The zero-order valence-electron chi connectivity index (χ0n) is 11.4. The number of alkyl halides is 3. The molecule has 1 rings (SSSR count). The number of nitro groups is 1. The van der Waals surface area contributed by atoms with E-state index in [-0.39, 0.29) is 18.0 Å². The molecule has 0 radical (unpaired) electrons. The maximum absolute atomic E-state index is 12.4. The van der Waals surface area contributed by atoms with Gasteiger partial charge in [-0.3, -0.25) is 14.9 Å². The molecule has 0 spiro atoms. The Bertz CT molecular complexity index is 560. The molecule has 0 aliphatic rings. The zero-order valence-corrected chi connectivity index (χ0v) is 11.4. The molecule has 1 aromatic carbocycles. The average molecular weight is 318 g/mol. The number of hydrogen-bond acceptors (Lipinski definition) is 4. The molecule has 0 aliphatic heterocycles. The van der Waals surface area contributed by atoms with Crippen LogP contribution in [0.1, 0.15) is 0 Å². The molecule has 0 saturated carbocycles. The van der Waals surface area contributed by atoms with E-state index in [1.165, 1.54) is 18.2 Å². The second kappa shape index (κ2) is 7.43. The Labute approximate surface area is 123 Å². The van der Waals surface area contributed by atoms with Crippen molar-refractivity contribution in [2.45, 2.75) is 6.18 Å². The number of hydrogen-bond donors (Lipinski definition) is 0. The van der Waals surface area contributed by atoms with Gasteiger partial charge in [0.05, 0.1) is 11.0 Å². The van der Waals surface area contributed by atoms with Gasteiger partial charge in [-0.1, -0.05) is 12.1 Å². The SMILES string of the molecule is C=CCN(CC(F)(F)F)C(=O)COc1cccc([N+](=O)[O-])c1. The molecule has 22 heavy (non-hydrogen) atoms. The highest BCUT2D eigenvalue weighted by molar-refractivity contribution is 5.78. The fourth-order valence-corrected chi connectivity index (χ4v) is 1.55. The van der Waals surface area contributed by atoms with Gasteiger partial charge in [-0.05, 0) is 6.07 Å². The number of rotatable bonds is 7. The van der Waals surface area contributed by atoms with Gasteiger partial charge in [0.2, 0.25) is 0 Å². The van der Waals surface area contributed by atoms with Gasteiger partial charge < -0.3 is 9.64 Å². The maximum atomic E-state index is 12.4. The highest BCUT2D eigenvalue weighted by atomic mass is 19.4. The number of nitrogens with zero attached hydrogens (tertiary/aromatic N) is 2. The van der Waals surface area contributed by atoms with Crippen molar-refractivity contribution in [1.82, 2.24) is 4.90 Å². The summed E-state index contributed by atoms with van der Waals surface area (Å²) in [5.41, 5.74) is -0.247. The third kappa shape index (κ3) is 5.81. The standard InChI is InChI=1S/C13H13F3N2O4/c1-2-6-17(9-13(14,15)16)12(19)8-22-11-5-3-4-10(7-11)18(20)21/h2-5,7H,1,6,8-9H2. The van der Waals surface area contributed by atoms with Crippen molar-refractivity contribution in [3.63, 3.8) is 0 Å². The Hall–Kier alpha value is -2.58. The largest absolute Gasteiger partial charge is 0.484 e. The summed E-state index contributed by atoms with van der Waals surface area (Å²) in [6, 6.07) is 5.01. The Morgan fingerprint density at radius 2 is 2.14 bits per heavy atom. The summed E-state index contributed by atoms with van der Waals surface area (Å²) < 4.78 is 42.1. The Kier molecular flexibility index (Phi) is 5.90. The molecule has 9 heteroatoms. The number of carbonyl (C=O) groups is 1. The molecule has 1 amide bonds. The first kappa shape index (κ1) is 17.5. The van der Waals surface area contributed by atoms with Crippen LogP contribution in [-0.4, -0.2) is 41.6 Å². The first-order chi connectivity index (χ1) is 10.2. The molecular formula is C13H13F3N2O4. The lowest BCUT2D eigenvalue weighted by molar-refractivity contribution is -0.384. The second-order valence-electron chi connectivity index (χ2n) is 4.22. The van der Waals surface area contributed by atoms with E-state index >= 15 is 0 Å². The van der Waals surface area contributed by atoms with Gasteiger partial charge in [0, 0.05) is 12.6 Å². The van der Waals surface area contributed by atoms with Gasteiger partial charge in [-0.2, -0.15) is 13.2 Å². The van der Waals surface area contributed by atoms with Gasteiger partial charge in [0.1, 0.15) is 12.3 Å². The molecule has 0 aliphatic carbocycles. The minimum absolute atomic E-state index is 0.0214. The van der Waals surface area contributed by atoms with E-state index in [4.69, 9.17) is 4.74 Å². The molecule has 0 saturated heterocycles. The summed E-state index contributed by atoms with van der Waals surface area (Å²) >= 11 is 0. The molecule has 0 bridgehead atoms. The minimum atomic E-state index is -4.54. The van der Waals surface area contributed by atoms with Crippen LogP contribution in [-0.2, 0) is 4.79 Å². The summed E-state index contributed by atoms with van der Waals surface area (Å²) in [5.74, 6) is -0.878. The lowest BCUT2D eigenvalue weighted by Crippen LogP contribution is -2.41. The fourth-order valence-electron chi connectivity index (χ4n) is 1.55. The van der Waals surface area contributed by atoms with E-state index in [1.807, 2.05) is 0 Å². The monoisotopic (exact) mass is 318 g/mol. The minimum Gasteiger partial charge on any atom is -0.484 e. The first-order valence-corrected chi connectivity index (χ1v) is 6.05. The van der Waals surface area contributed by atoms with Crippen molar-refractivity contribution < 1.29 is 27.6 Å². The zero-order chi connectivity index (χ0) is 16.8. The summed E-state index contributed by atoms with van der Waals surface area (Å²) in [7, 11) is 0. The van der Waals surface area contributed by atoms with Crippen molar-refractivity contribution >= 4 is 11.6 Å². The molecule has 120 valence electrons. The van der Waals surface area contributed by atoms with Crippen LogP contribution in [0.4, 0.5) is 18.9 Å². The molecule has 6 nitrogen and oxygen atoms in total. The van der Waals surface area contributed by atoms with Crippen molar-refractivity contribution in [2.75, 3.05) is 19.7 Å². The van der Waals surface area contributed by atoms with Crippen molar-refractivity contribution in [3.8, 4) is 5.75 Å². The van der Waals surface area contributed by atoms with Gasteiger partial charge in [0.15, 0.2) is 6.61 Å². The maximum Gasteiger partial charge on any atom is 0.406 e. The van der Waals surface area contributed by atoms with E-state index < -0.39 is 30.2 Å². The topological polar surface area (TPSA) is 72.7 Å². The predicted molar refractivity (Wildman–Crippen MR) is 71.4 cm³/mol. The van der Waals surface area contributed by atoms with E-state index in [9.17, 15) is 28.1 Å². The molecular weight excluding hydrogens is 305 g/mol. The summed E-state index contributed by atoms with van der Waals surface area (Å²) in [6.07, 6.45) is -3.37. The van der Waals surface area contributed by atoms with E-state index in [0.29, 0.717) is 4.90 Å². The summed E-state index contributed by atoms with van der Waals surface area (Å²) in [4.78, 5) is 22.2. The summed E-state index contributed by atoms with van der Waals surface area (Å²) in [5, 5.41) is 10.6. The van der Waals surface area contributed by atoms with Crippen molar-refractivity contribution in [1.29, 1.82) is 0 Å². The van der Waals surface area contributed by atoms with Crippen molar-refractivity contribution in [2.24, 2.45) is 0 Å². The lowest BCUT2D eigenvalue weighted by Gasteiger charge is -2.22. The molecule has 0 aromatic heterocycles. The highest BCUT2D eigenvalue weighted by Gasteiger charge is 2.32. The Morgan fingerprint density at radius 1 is 1.45 bits per heavy atom. The molecule has 0 N–H and O–H groups in total. The van der Waals surface area contributed by atoms with Crippen LogP contribution in [0.3, 0.4) is 0 Å². The Balaban J connectivity index is 2.68. The molecule has 0 fully saturated rings. The Morgan fingerprint density at radius 3 is 2.68 bits per heavy atom. The van der Waals surface area contributed by atoms with Crippen LogP contribution < -0.4 is 4.74 Å². The highest BCUT2D eigenvalue weighted by Crippen LogP contribution is 2.20. The second-order valence-corrected chi connectivity index (χ2v) is 4.22. The quantitative estimate of drug-likeness (QED) is 0.440. The van der Waals surface area contributed by atoms with Gasteiger partial charge in [-0.25, -0.2) is 0 Å². The molecule has 0 unspecified atom stereocenters. The van der Waals surface area contributed by atoms with Crippen LogP contribution in [0.2, 0.25) is 0 Å². The third-order valence-electron chi connectivity index (χ3n) is 2.46. The van der Waals surface area contributed by atoms with Gasteiger partial charge in [0.25, 0.3) is 11.6 Å².